The molecule has 1 aromatic rings. The first-order valence-electron chi connectivity index (χ1n) is 10.2. The third-order valence-corrected chi connectivity index (χ3v) is 5.57. The molecule has 1 aliphatic heterocycles. The molecular weight excluding hydrogens is 310 g/mol. The Kier molecular flexibility index (Phi) is 8.29. The van der Waals surface area contributed by atoms with Gasteiger partial charge >= 0.3 is 0 Å². The lowest BCUT2D eigenvalue weighted by atomic mass is 9.87. The summed E-state index contributed by atoms with van der Waals surface area (Å²) in [6.45, 7) is 14.1. The molecule has 1 unspecified atom stereocenters. The number of aliphatic imine (C=N–C) groups is 1. The zero-order chi connectivity index (χ0) is 18.1. The van der Waals surface area contributed by atoms with Gasteiger partial charge in [0.15, 0.2) is 5.96 Å². The van der Waals surface area contributed by atoms with E-state index in [1.165, 1.54) is 25.8 Å². The minimum absolute atomic E-state index is 0.836. The Bertz CT molecular complexity index is 518. The SMILES string of the molecule is CCNC(=NCCCCn1ccnc1C)N1CCC(C(CC)CC)C1. The van der Waals surface area contributed by atoms with Gasteiger partial charge in [-0.3, -0.25) is 4.99 Å². The highest BCUT2D eigenvalue weighted by Crippen LogP contribution is 2.28. The van der Waals surface area contributed by atoms with E-state index in [2.05, 4.69) is 53.7 Å². The van der Waals surface area contributed by atoms with Crippen LogP contribution >= 0.6 is 0 Å². The van der Waals surface area contributed by atoms with Crippen LogP contribution in [-0.4, -0.2) is 46.6 Å². The van der Waals surface area contributed by atoms with E-state index in [0.29, 0.717) is 0 Å². The van der Waals surface area contributed by atoms with Gasteiger partial charge in [0.2, 0.25) is 0 Å². The van der Waals surface area contributed by atoms with Gasteiger partial charge in [0.25, 0.3) is 0 Å². The molecule has 0 bridgehead atoms. The standard InChI is InChI=1S/C20H37N5/c1-5-18(6-2)19-10-14-25(16-19)20(21-7-3)23-11-8-9-13-24-15-12-22-17(24)4/h12,15,18-19H,5-11,13-14,16H2,1-4H3,(H,21,23). The maximum atomic E-state index is 4.89. The number of hydrogen-bond donors (Lipinski definition) is 1. The Morgan fingerprint density at radius 1 is 1.32 bits per heavy atom. The molecule has 0 aromatic carbocycles. The first kappa shape index (κ1) is 19.8. The van der Waals surface area contributed by atoms with Crippen LogP contribution in [0.4, 0.5) is 0 Å². The molecule has 142 valence electrons. The van der Waals surface area contributed by atoms with Crippen molar-refractivity contribution in [3.05, 3.63) is 18.2 Å². The van der Waals surface area contributed by atoms with Crippen molar-refractivity contribution in [3.63, 3.8) is 0 Å². The number of likely N-dealkylation sites (tertiary alicyclic amines) is 1. The van der Waals surface area contributed by atoms with Crippen LogP contribution in [0.2, 0.25) is 0 Å². The molecule has 1 N–H and O–H groups in total. The molecule has 0 saturated carbocycles. The number of nitrogens with one attached hydrogen (secondary N) is 1. The van der Waals surface area contributed by atoms with E-state index in [-0.39, 0.29) is 0 Å². The molecule has 5 heteroatoms. The lowest BCUT2D eigenvalue weighted by molar-refractivity contribution is 0.319. The summed E-state index contributed by atoms with van der Waals surface area (Å²) in [7, 11) is 0. The molecule has 0 aliphatic carbocycles. The van der Waals surface area contributed by atoms with Gasteiger partial charge in [-0.2, -0.15) is 0 Å². The van der Waals surface area contributed by atoms with Crippen LogP contribution in [0.5, 0.6) is 0 Å². The monoisotopic (exact) mass is 347 g/mol. The second-order valence-corrected chi connectivity index (χ2v) is 7.18. The quantitative estimate of drug-likeness (QED) is 0.421. The van der Waals surface area contributed by atoms with Gasteiger partial charge in [-0.25, -0.2) is 4.98 Å². The highest BCUT2D eigenvalue weighted by Gasteiger charge is 2.29. The van der Waals surface area contributed by atoms with Crippen LogP contribution in [0.1, 0.15) is 58.7 Å². The first-order chi connectivity index (χ1) is 12.2. The van der Waals surface area contributed by atoms with E-state index in [1.54, 1.807) is 0 Å². The summed E-state index contributed by atoms with van der Waals surface area (Å²) in [5.41, 5.74) is 0. The second kappa shape index (κ2) is 10.5. The van der Waals surface area contributed by atoms with Gasteiger partial charge in [-0.15, -0.1) is 0 Å². The molecule has 25 heavy (non-hydrogen) atoms. The summed E-state index contributed by atoms with van der Waals surface area (Å²) in [5.74, 6) is 3.92. The van der Waals surface area contributed by atoms with E-state index in [0.717, 1.165) is 62.6 Å². The van der Waals surface area contributed by atoms with E-state index in [4.69, 9.17) is 4.99 Å². The van der Waals surface area contributed by atoms with Crippen LogP contribution in [0.25, 0.3) is 0 Å². The van der Waals surface area contributed by atoms with Crippen LogP contribution in [-0.2, 0) is 6.54 Å². The average Bonchev–Trinajstić information content (AvgIpc) is 3.25. The normalized spacial score (nSPS) is 18.4. The number of hydrogen-bond acceptors (Lipinski definition) is 2. The fourth-order valence-electron chi connectivity index (χ4n) is 3.96. The van der Waals surface area contributed by atoms with Crippen LogP contribution in [0, 0.1) is 18.8 Å². The number of rotatable bonds is 9. The summed E-state index contributed by atoms with van der Waals surface area (Å²) >= 11 is 0. The number of nitrogens with zero attached hydrogens (tertiary/aromatic N) is 4. The van der Waals surface area contributed by atoms with Crippen LogP contribution in [0.3, 0.4) is 0 Å². The molecule has 1 atom stereocenters. The fourth-order valence-corrected chi connectivity index (χ4v) is 3.96. The van der Waals surface area contributed by atoms with Crippen molar-refractivity contribution < 1.29 is 0 Å². The van der Waals surface area contributed by atoms with E-state index in [9.17, 15) is 0 Å². The third kappa shape index (κ3) is 5.75. The Balaban J connectivity index is 1.79. The van der Waals surface area contributed by atoms with Gasteiger partial charge in [0.05, 0.1) is 0 Å². The topological polar surface area (TPSA) is 45.5 Å². The second-order valence-electron chi connectivity index (χ2n) is 7.18. The molecule has 0 amide bonds. The molecule has 1 fully saturated rings. The van der Waals surface area contributed by atoms with Crippen LogP contribution in [0.15, 0.2) is 17.4 Å². The molecule has 2 heterocycles. The Hall–Kier alpha value is -1.52. The maximum Gasteiger partial charge on any atom is 0.193 e. The van der Waals surface area contributed by atoms with Crippen molar-refractivity contribution in [2.45, 2.75) is 66.3 Å². The molecule has 1 saturated heterocycles. The Labute approximate surface area is 153 Å². The van der Waals surface area contributed by atoms with Crippen molar-refractivity contribution in [3.8, 4) is 0 Å². The number of aromatic nitrogens is 2. The maximum absolute atomic E-state index is 4.89. The molecule has 1 aromatic heterocycles. The zero-order valence-electron chi connectivity index (χ0n) is 16.7. The van der Waals surface area contributed by atoms with Gasteiger partial charge in [0, 0.05) is 45.1 Å². The lowest BCUT2D eigenvalue weighted by Crippen LogP contribution is -2.40. The summed E-state index contributed by atoms with van der Waals surface area (Å²) in [6, 6.07) is 0. The van der Waals surface area contributed by atoms with Crippen molar-refractivity contribution in [1.29, 1.82) is 0 Å². The van der Waals surface area contributed by atoms with Gasteiger partial charge in [-0.05, 0) is 44.9 Å². The summed E-state index contributed by atoms with van der Waals surface area (Å²) in [4.78, 5) is 11.6. The fraction of sp³-hybridized carbons (Fsp3) is 0.800. The first-order valence-corrected chi connectivity index (χ1v) is 10.2. The summed E-state index contributed by atoms with van der Waals surface area (Å²) in [5, 5.41) is 3.49. The van der Waals surface area contributed by atoms with Gasteiger partial charge in [-0.1, -0.05) is 26.7 Å². The third-order valence-electron chi connectivity index (χ3n) is 5.57. The van der Waals surface area contributed by atoms with Crippen LogP contribution < -0.4 is 5.32 Å². The Morgan fingerprint density at radius 2 is 2.12 bits per heavy atom. The van der Waals surface area contributed by atoms with Gasteiger partial charge < -0.3 is 14.8 Å². The van der Waals surface area contributed by atoms with E-state index < -0.39 is 0 Å². The smallest absolute Gasteiger partial charge is 0.193 e. The molecular formula is C20H37N5. The molecule has 0 spiro atoms. The summed E-state index contributed by atoms with van der Waals surface area (Å²) < 4.78 is 2.22. The Morgan fingerprint density at radius 3 is 2.76 bits per heavy atom. The molecule has 0 radical (unpaired) electrons. The number of guanidine groups is 1. The van der Waals surface area contributed by atoms with Gasteiger partial charge in [0.1, 0.15) is 5.82 Å². The minimum atomic E-state index is 0.836. The van der Waals surface area contributed by atoms with Crippen molar-refractivity contribution >= 4 is 5.96 Å². The minimum Gasteiger partial charge on any atom is -0.357 e. The van der Waals surface area contributed by atoms with E-state index in [1.807, 2.05) is 6.20 Å². The average molecular weight is 348 g/mol. The van der Waals surface area contributed by atoms with Crippen molar-refractivity contribution in [2.75, 3.05) is 26.2 Å². The molecule has 1 aliphatic rings. The van der Waals surface area contributed by atoms with Crippen molar-refractivity contribution in [1.82, 2.24) is 19.8 Å². The highest BCUT2D eigenvalue weighted by molar-refractivity contribution is 5.80. The summed E-state index contributed by atoms with van der Waals surface area (Å²) in [6.07, 6.45) is 10.1. The highest BCUT2D eigenvalue weighted by atomic mass is 15.3. The van der Waals surface area contributed by atoms with E-state index >= 15 is 0 Å². The lowest BCUT2D eigenvalue weighted by Gasteiger charge is -2.24. The predicted molar refractivity (Wildman–Crippen MR) is 106 cm³/mol. The molecule has 5 nitrogen and oxygen atoms in total. The number of unbranched alkanes of at least 4 members (excludes halogenated alkanes) is 1. The largest absolute Gasteiger partial charge is 0.357 e. The number of aryl methyl sites for hydroxylation is 2. The molecule has 2 rings (SSSR count). The van der Waals surface area contributed by atoms with Crippen molar-refractivity contribution in [2.24, 2.45) is 16.8 Å². The zero-order valence-corrected chi connectivity index (χ0v) is 16.7. The number of imidazole rings is 1. The predicted octanol–water partition coefficient (Wildman–Crippen LogP) is 3.70.